The lowest BCUT2D eigenvalue weighted by atomic mass is 9.88. The largest absolute Gasteiger partial charge is 0.368 e. The van der Waals surface area contributed by atoms with Crippen LogP contribution in [-0.4, -0.2) is 34.1 Å². The van der Waals surface area contributed by atoms with Crippen molar-refractivity contribution in [3.05, 3.63) is 53.1 Å². The summed E-state index contributed by atoms with van der Waals surface area (Å²) in [6, 6.07) is 5.51. The van der Waals surface area contributed by atoms with E-state index in [0.29, 0.717) is 5.92 Å². The van der Waals surface area contributed by atoms with Crippen LogP contribution in [0.5, 0.6) is 0 Å². The van der Waals surface area contributed by atoms with Gasteiger partial charge >= 0.3 is 0 Å². The number of hydrogen-bond acceptors (Lipinski definition) is 3. The van der Waals surface area contributed by atoms with E-state index in [9.17, 15) is 9.18 Å². The number of primary amides is 1. The molecule has 0 bridgehead atoms. The van der Waals surface area contributed by atoms with Gasteiger partial charge in [-0.2, -0.15) is 5.10 Å². The SMILES string of the molecule is Cc1[nH]ncc1C1CCN(C(C(N)=O)c2ccc(F)cc2)CC1. The van der Waals surface area contributed by atoms with Gasteiger partial charge in [-0.1, -0.05) is 12.1 Å². The van der Waals surface area contributed by atoms with Crippen molar-refractivity contribution >= 4 is 5.91 Å². The molecule has 1 aromatic carbocycles. The van der Waals surface area contributed by atoms with Crippen LogP contribution in [0.2, 0.25) is 0 Å². The Labute approximate surface area is 134 Å². The Kier molecular flexibility index (Phi) is 4.43. The number of aromatic amines is 1. The molecule has 2 aromatic rings. The molecule has 6 heteroatoms. The van der Waals surface area contributed by atoms with Crippen LogP contribution >= 0.6 is 0 Å². The summed E-state index contributed by atoms with van der Waals surface area (Å²) in [6.45, 7) is 3.58. The number of piperidine rings is 1. The molecule has 1 aromatic heterocycles. The average Bonchev–Trinajstić information content (AvgIpc) is 2.96. The number of aryl methyl sites for hydroxylation is 1. The van der Waals surface area contributed by atoms with Crippen LogP contribution in [0.4, 0.5) is 4.39 Å². The molecule has 3 rings (SSSR count). The van der Waals surface area contributed by atoms with Crippen LogP contribution in [-0.2, 0) is 4.79 Å². The maximum absolute atomic E-state index is 13.1. The second-order valence-corrected chi connectivity index (χ2v) is 6.12. The van der Waals surface area contributed by atoms with Gasteiger partial charge in [0.1, 0.15) is 11.9 Å². The second kappa shape index (κ2) is 6.50. The predicted octanol–water partition coefficient (Wildman–Crippen LogP) is 2.26. The van der Waals surface area contributed by atoms with Crippen molar-refractivity contribution < 1.29 is 9.18 Å². The molecule has 5 nitrogen and oxygen atoms in total. The molecule has 0 radical (unpaired) electrons. The number of halogens is 1. The minimum Gasteiger partial charge on any atom is -0.368 e. The Morgan fingerprint density at radius 2 is 2.00 bits per heavy atom. The van der Waals surface area contributed by atoms with E-state index in [0.717, 1.165) is 37.2 Å². The monoisotopic (exact) mass is 316 g/mol. The number of nitrogens with one attached hydrogen (secondary N) is 1. The Hall–Kier alpha value is -2.21. The zero-order valence-corrected chi connectivity index (χ0v) is 13.1. The fraction of sp³-hybridized carbons (Fsp3) is 0.412. The molecule has 0 spiro atoms. The number of benzene rings is 1. The van der Waals surface area contributed by atoms with Crippen molar-refractivity contribution in [2.45, 2.75) is 31.7 Å². The number of aromatic nitrogens is 2. The maximum Gasteiger partial charge on any atom is 0.239 e. The molecule has 1 amide bonds. The average molecular weight is 316 g/mol. The third-order valence-corrected chi connectivity index (χ3v) is 4.66. The standard InChI is InChI=1S/C17H21FN4O/c1-11-15(10-20-21-11)12-6-8-22(9-7-12)16(17(19)23)13-2-4-14(18)5-3-13/h2-5,10,12,16H,6-9H2,1H3,(H2,19,23)(H,20,21). The van der Waals surface area contributed by atoms with Gasteiger partial charge in [-0.05, 0) is 62.0 Å². The van der Waals surface area contributed by atoms with Crippen LogP contribution < -0.4 is 5.73 Å². The summed E-state index contributed by atoms with van der Waals surface area (Å²) in [4.78, 5) is 14.0. The maximum atomic E-state index is 13.1. The van der Waals surface area contributed by atoms with E-state index in [1.165, 1.54) is 17.7 Å². The van der Waals surface area contributed by atoms with Gasteiger partial charge in [0.05, 0.1) is 6.20 Å². The zero-order valence-electron chi connectivity index (χ0n) is 13.1. The van der Waals surface area contributed by atoms with Crippen molar-refractivity contribution in [1.82, 2.24) is 15.1 Å². The number of H-pyrrole nitrogens is 1. The molecule has 1 aliphatic heterocycles. The highest BCUT2D eigenvalue weighted by Crippen LogP contribution is 2.33. The molecule has 0 saturated carbocycles. The summed E-state index contributed by atoms with van der Waals surface area (Å²) in [5, 5.41) is 7.06. The number of rotatable bonds is 4. The van der Waals surface area contributed by atoms with E-state index in [1.807, 2.05) is 13.1 Å². The smallest absolute Gasteiger partial charge is 0.239 e. The van der Waals surface area contributed by atoms with Gasteiger partial charge in [0.2, 0.25) is 5.91 Å². The summed E-state index contributed by atoms with van der Waals surface area (Å²) >= 11 is 0. The van der Waals surface area contributed by atoms with Crippen LogP contribution in [0, 0.1) is 12.7 Å². The summed E-state index contributed by atoms with van der Waals surface area (Å²) in [7, 11) is 0. The van der Waals surface area contributed by atoms with Crippen molar-refractivity contribution in [2.24, 2.45) is 5.73 Å². The summed E-state index contributed by atoms with van der Waals surface area (Å²) in [5.41, 5.74) is 8.71. The first-order valence-electron chi connectivity index (χ1n) is 7.85. The van der Waals surface area contributed by atoms with Crippen LogP contribution in [0.25, 0.3) is 0 Å². The Balaban J connectivity index is 1.72. The molecule has 122 valence electrons. The van der Waals surface area contributed by atoms with Crippen LogP contribution in [0.1, 0.15) is 41.6 Å². The fourth-order valence-corrected chi connectivity index (χ4v) is 3.44. The number of amides is 1. The summed E-state index contributed by atoms with van der Waals surface area (Å²) in [6.07, 6.45) is 3.79. The summed E-state index contributed by atoms with van der Waals surface area (Å²) in [5.74, 6) is -0.257. The van der Waals surface area contributed by atoms with Crippen LogP contribution in [0.15, 0.2) is 30.5 Å². The highest BCUT2D eigenvalue weighted by Gasteiger charge is 2.30. The van der Waals surface area contributed by atoms with Gasteiger partial charge in [-0.15, -0.1) is 0 Å². The van der Waals surface area contributed by atoms with E-state index in [2.05, 4.69) is 15.1 Å². The summed E-state index contributed by atoms with van der Waals surface area (Å²) < 4.78 is 13.1. The first kappa shape index (κ1) is 15.7. The Morgan fingerprint density at radius 3 is 2.52 bits per heavy atom. The molecular weight excluding hydrogens is 295 g/mol. The number of nitrogens with zero attached hydrogens (tertiary/aromatic N) is 2. The number of likely N-dealkylation sites (tertiary alicyclic amines) is 1. The van der Waals surface area contributed by atoms with Gasteiger partial charge in [0, 0.05) is 5.69 Å². The third-order valence-electron chi connectivity index (χ3n) is 4.66. The van der Waals surface area contributed by atoms with Crippen molar-refractivity contribution in [2.75, 3.05) is 13.1 Å². The van der Waals surface area contributed by atoms with Crippen LogP contribution in [0.3, 0.4) is 0 Å². The van der Waals surface area contributed by atoms with Crippen molar-refractivity contribution in [3.8, 4) is 0 Å². The third kappa shape index (κ3) is 3.27. The number of carbonyl (C=O) groups is 1. The quantitative estimate of drug-likeness (QED) is 0.908. The first-order valence-corrected chi connectivity index (χ1v) is 7.85. The molecule has 23 heavy (non-hydrogen) atoms. The molecule has 0 aliphatic carbocycles. The molecule has 1 atom stereocenters. The molecular formula is C17H21FN4O. The molecule has 1 fully saturated rings. The highest BCUT2D eigenvalue weighted by atomic mass is 19.1. The number of nitrogens with two attached hydrogens (primary N) is 1. The lowest BCUT2D eigenvalue weighted by molar-refractivity contribution is -0.124. The lowest BCUT2D eigenvalue weighted by Gasteiger charge is -2.36. The highest BCUT2D eigenvalue weighted by molar-refractivity contribution is 5.81. The Morgan fingerprint density at radius 1 is 1.35 bits per heavy atom. The predicted molar refractivity (Wildman–Crippen MR) is 85.2 cm³/mol. The van der Waals surface area contributed by atoms with Gasteiger partial charge in [-0.25, -0.2) is 4.39 Å². The van der Waals surface area contributed by atoms with Crippen molar-refractivity contribution in [1.29, 1.82) is 0 Å². The molecule has 1 aliphatic rings. The molecule has 3 N–H and O–H groups in total. The second-order valence-electron chi connectivity index (χ2n) is 6.12. The zero-order chi connectivity index (χ0) is 16.4. The fourth-order valence-electron chi connectivity index (χ4n) is 3.44. The van der Waals surface area contributed by atoms with Crippen molar-refractivity contribution in [3.63, 3.8) is 0 Å². The van der Waals surface area contributed by atoms with E-state index in [1.54, 1.807) is 12.1 Å². The van der Waals surface area contributed by atoms with E-state index in [-0.39, 0.29) is 5.82 Å². The van der Waals surface area contributed by atoms with E-state index in [4.69, 9.17) is 5.73 Å². The van der Waals surface area contributed by atoms with E-state index >= 15 is 0 Å². The molecule has 2 heterocycles. The van der Waals surface area contributed by atoms with Gasteiger partial charge in [0.25, 0.3) is 0 Å². The topological polar surface area (TPSA) is 75.0 Å². The van der Waals surface area contributed by atoms with E-state index < -0.39 is 11.9 Å². The normalized spacial score (nSPS) is 18.0. The number of carbonyl (C=O) groups excluding carboxylic acids is 1. The minimum atomic E-state index is -0.498. The number of hydrogen-bond donors (Lipinski definition) is 2. The van der Waals surface area contributed by atoms with Gasteiger partial charge in [-0.3, -0.25) is 14.8 Å². The molecule has 1 unspecified atom stereocenters. The lowest BCUT2D eigenvalue weighted by Crippen LogP contribution is -2.42. The first-order chi connectivity index (χ1) is 11.1. The van der Waals surface area contributed by atoms with Gasteiger partial charge in [0.15, 0.2) is 0 Å². The molecule has 1 saturated heterocycles. The Bertz CT molecular complexity index is 674. The minimum absolute atomic E-state index is 0.314. The van der Waals surface area contributed by atoms with Gasteiger partial charge < -0.3 is 5.73 Å².